The van der Waals surface area contributed by atoms with Crippen molar-refractivity contribution in [1.82, 2.24) is 20.3 Å². The van der Waals surface area contributed by atoms with Crippen molar-refractivity contribution in [1.29, 1.82) is 0 Å². The number of hydrogen-bond donors (Lipinski definition) is 1. The van der Waals surface area contributed by atoms with E-state index in [1.54, 1.807) is 12.4 Å². The van der Waals surface area contributed by atoms with E-state index in [-0.39, 0.29) is 0 Å². The van der Waals surface area contributed by atoms with E-state index in [9.17, 15) is 0 Å². The first-order valence-electron chi connectivity index (χ1n) is 6.07. The summed E-state index contributed by atoms with van der Waals surface area (Å²) < 4.78 is 7.13. The fourth-order valence-corrected chi connectivity index (χ4v) is 1.98. The van der Waals surface area contributed by atoms with Gasteiger partial charge in [-0.25, -0.2) is 4.68 Å². The maximum atomic E-state index is 5.31. The molecule has 0 unspecified atom stereocenters. The zero-order chi connectivity index (χ0) is 13.1. The van der Waals surface area contributed by atoms with Crippen molar-refractivity contribution in [2.24, 2.45) is 0 Å². The molecule has 5 nitrogen and oxygen atoms in total. The highest BCUT2D eigenvalue weighted by Crippen LogP contribution is 2.23. The minimum absolute atomic E-state index is 0.718. The lowest BCUT2D eigenvalue weighted by Gasteiger charge is -1.99. The second kappa shape index (κ2) is 5.07. The van der Waals surface area contributed by atoms with Crippen LogP contribution in [0.25, 0.3) is 17.0 Å². The SMILES string of the molecule is CNCc1cnoc1-c1cnn(-c2ccccc2)c1. The van der Waals surface area contributed by atoms with Crippen molar-refractivity contribution >= 4 is 0 Å². The Hall–Kier alpha value is -2.40. The molecular formula is C14H14N4O. The lowest BCUT2D eigenvalue weighted by atomic mass is 10.2. The van der Waals surface area contributed by atoms with Crippen molar-refractivity contribution in [3.8, 4) is 17.0 Å². The topological polar surface area (TPSA) is 55.9 Å². The van der Waals surface area contributed by atoms with Gasteiger partial charge < -0.3 is 9.84 Å². The Balaban J connectivity index is 1.95. The first-order valence-corrected chi connectivity index (χ1v) is 6.07. The summed E-state index contributed by atoms with van der Waals surface area (Å²) in [6, 6.07) is 9.96. The van der Waals surface area contributed by atoms with Gasteiger partial charge in [0.1, 0.15) is 0 Å². The summed E-state index contributed by atoms with van der Waals surface area (Å²) in [7, 11) is 1.89. The van der Waals surface area contributed by atoms with Gasteiger partial charge in [0.05, 0.1) is 23.6 Å². The van der Waals surface area contributed by atoms with E-state index in [1.807, 2.05) is 48.3 Å². The van der Waals surface area contributed by atoms with Gasteiger partial charge in [-0.05, 0) is 19.2 Å². The van der Waals surface area contributed by atoms with Crippen LogP contribution in [0.15, 0.2) is 53.4 Å². The summed E-state index contributed by atoms with van der Waals surface area (Å²) in [5, 5.41) is 11.3. The van der Waals surface area contributed by atoms with Crippen LogP contribution >= 0.6 is 0 Å². The average Bonchev–Trinajstić information content (AvgIpc) is 3.08. The third-order valence-corrected chi connectivity index (χ3v) is 2.88. The molecule has 0 bridgehead atoms. The molecule has 3 aromatic rings. The minimum Gasteiger partial charge on any atom is -0.356 e. The molecule has 19 heavy (non-hydrogen) atoms. The van der Waals surface area contributed by atoms with Crippen LogP contribution < -0.4 is 5.32 Å². The van der Waals surface area contributed by atoms with Crippen molar-refractivity contribution in [2.45, 2.75) is 6.54 Å². The highest BCUT2D eigenvalue weighted by Gasteiger charge is 2.12. The number of nitrogens with one attached hydrogen (secondary N) is 1. The molecule has 0 radical (unpaired) electrons. The molecule has 0 aliphatic heterocycles. The van der Waals surface area contributed by atoms with Crippen LogP contribution in [-0.4, -0.2) is 22.0 Å². The van der Waals surface area contributed by atoms with Gasteiger partial charge in [-0.15, -0.1) is 0 Å². The Morgan fingerprint density at radius 3 is 2.84 bits per heavy atom. The van der Waals surface area contributed by atoms with Gasteiger partial charge in [0.2, 0.25) is 0 Å². The van der Waals surface area contributed by atoms with Crippen molar-refractivity contribution in [3.05, 3.63) is 54.5 Å². The minimum atomic E-state index is 0.718. The highest BCUT2D eigenvalue weighted by atomic mass is 16.5. The van der Waals surface area contributed by atoms with Crippen LogP contribution in [0, 0.1) is 0 Å². The summed E-state index contributed by atoms with van der Waals surface area (Å²) in [5.41, 5.74) is 2.96. The summed E-state index contributed by atoms with van der Waals surface area (Å²) in [5.74, 6) is 0.761. The van der Waals surface area contributed by atoms with E-state index in [0.717, 1.165) is 29.1 Å². The Bertz CT molecular complexity index is 657. The summed E-state index contributed by atoms with van der Waals surface area (Å²) in [6.07, 6.45) is 5.45. The number of aromatic nitrogens is 3. The Kier molecular flexibility index (Phi) is 3.12. The van der Waals surface area contributed by atoms with Gasteiger partial charge in [0.25, 0.3) is 0 Å². The molecule has 0 aliphatic carbocycles. The monoisotopic (exact) mass is 254 g/mol. The molecule has 2 aromatic heterocycles. The van der Waals surface area contributed by atoms with E-state index in [1.165, 1.54) is 0 Å². The van der Waals surface area contributed by atoms with Crippen molar-refractivity contribution in [2.75, 3.05) is 7.05 Å². The Morgan fingerprint density at radius 1 is 1.21 bits per heavy atom. The summed E-state index contributed by atoms with van der Waals surface area (Å²) >= 11 is 0. The zero-order valence-electron chi connectivity index (χ0n) is 10.6. The van der Waals surface area contributed by atoms with Gasteiger partial charge in [-0.2, -0.15) is 5.10 Å². The molecule has 0 spiro atoms. The number of para-hydroxylation sites is 1. The number of nitrogens with zero attached hydrogens (tertiary/aromatic N) is 3. The quantitative estimate of drug-likeness (QED) is 0.775. The van der Waals surface area contributed by atoms with Crippen molar-refractivity contribution < 1.29 is 4.52 Å². The largest absolute Gasteiger partial charge is 0.356 e. The fourth-order valence-electron chi connectivity index (χ4n) is 1.98. The standard InChI is InChI=1S/C14H14N4O/c1-15-7-11-9-17-19-14(11)12-8-16-18(10-12)13-5-3-2-4-6-13/h2-6,8-10,15H,7H2,1H3. The zero-order valence-corrected chi connectivity index (χ0v) is 10.6. The van der Waals surface area contributed by atoms with Crippen LogP contribution in [0.3, 0.4) is 0 Å². The second-order valence-corrected chi connectivity index (χ2v) is 4.22. The van der Waals surface area contributed by atoms with E-state index >= 15 is 0 Å². The molecule has 1 N–H and O–H groups in total. The third kappa shape index (κ3) is 2.28. The lowest BCUT2D eigenvalue weighted by molar-refractivity contribution is 0.431. The van der Waals surface area contributed by atoms with Gasteiger partial charge in [-0.1, -0.05) is 23.4 Å². The number of rotatable bonds is 4. The molecule has 0 aliphatic rings. The van der Waals surface area contributed by atoms with Gasteiger partial charge in [0.15, 0.2) is 5.76 Å². The van der Waals surface area contributed by atoms with Crippen molar-refractivity contribution in [3.63, 3.8) is 0 Å². The molecule has 0 fully saturated rings. The Morgan fingerprint density at radius 2 is 2.05 bits per heavy atom. The highest BCUT2D eigenvalue weighted by molar-refractivity contribution is 5.59. The molecule has 0 saturated carbocycles. The lowest BCUT2D eigenvalue weighted by Crippen LogP contribution is -2.04. The number of hydrogen-bond acceptors (Lipinski definition) is 4. The normalized spacial score (nSPS) is 10.8. The maximum Gasteiger partial charge on any atom is 0.174 e. The molecule has 3 rings (SSSR count). The second-order valence-electron chi connectivity index (χ2n) is 4.22. The van der Waals surface area contributed by atoms with E-state index in [2.05, 4.69) is 15.6 Å². The van der Waals surface area contributed by atoms with Crippen LogP contribution in [0.4, 0.5) is 0 Å². The predicted molar refractivity (Wildman–Crippen MR) is 71.8 cm³/mol. The fraction of sp³-hybridized carbons (Fsp3) is 0.143. The van der Waals surface area contributed by atoms with Gasteiger partial charge >= 0.3 is 0 Å². The molecule has 5 heteroatoms. The predicted octanol–water partition coefficient (Wildman–Crippen LogP) is 2.25. The van der Waals surface area contributed by atoms with Crippen LogP contribution in [-0.2, 0) is 6.54 Å². The first kappa shape index (κ1) is 11.7. The van der Waals surface area contributed by atoms with E-state index in [4.69, 9.17) is 4.52 Å². The van der Waals surface area contributed by atoms with Crippen LogP contribution in [0.1, 0.15) is 5.56 Å². The maximum absolute atomic E-state index is 5.31. The number of benzene rings is 1. The smallest absolute Gasteiger partial charge is 0.174 e. The van der Waals surface area contributed by atoms with Crippen LogP contribution in [0.2, 0.25) is 0 Å². The van der Waals surface area contributed by atoms with Gasteiger partial charge in [-0.3, -0.25) is 0 Å². The molecule has 0 amide bonds. The molecule has 0 atom stereocenters. The van der Waals surface area contributed by atoms with E-state index < -0.39 is 0 Å². The summed E-state index contributed by atoms with van der Waals surface area (Å²) in [4.78, 5) is 0. The molecular weight excluding hydrogens is 240 g/mol. The average molecular weight is 254 g/mol. The summed E-state index contributed by atoms with van der Waals surface area (Å²) in [6.45, 7) is 0.718. The third-order valence-electron chi connectivity index (χ3n) is 2.88. The molecule has 0 saturated heterocycles. The first-order chi connectivity index (χ1) is 9.38. The van der Waals surface area contributed by atoms with Crippen LogP contribution in [0.5, 0.6) is 0 Å². The Labute approximate surface area is 110 Å². The van der Waals surface area contributed by atoms with Gasteiger partial charge in [0, 0.05) is 18.3 Å². The van der Waals surface area contributed by atoms with E-state index in [0.29, 0.717) is 0 Å². The molecule has 96 valence electrons. The molecule has 1 aromatic carbocycles. The molecule has 2 heterocycles.